The number of carbonyl (C=O) groups excluding carboxylic acids is 1. The van der Waals surface area contributed by atoms with Crippen molar-refractivity contribution in [2.24, 2.45) is 0 Å². The maximum Gasteiger partial charge on any atom is 0.189 e. The number of phenolic OH excluding ortho intramolecular Hbond substituents is 2. The summed E-state index contributed by atoms with van der Waals surface area (Å²) in [5, 5.41) is 19.6. The summed E-state index contributed by atoms with van der Waals surface area (Å²) >= 11 is 0. The van der Waals surface area contributed by atoms with Gasteiger partial charge in [-0.2, -0.15) is 0 Å². The monoisotopic (exact) mass is 280 g/mol. The van der Waals surface area contributed by atoms with E-state index < -0.39 is 0 Å². The Morgan fingerprint density at radius 1 is 1.10 bits per heavy atom. The van der Waals surface area contributed by atoms with Gasteiger partial charge in [-0.3, -0.25) is 4.79 Å². The molecule has 2 aromatic carbocycles. The third-order valence-corrected chi connectivity index (χ3v) is 3.91. The van der Waals surface area contributed by atoms with Crippen LogP contribution < -0.4 is 0 Å². The number of fused-ring (bicyclic) bond motifs is 1. The predicted octanol–water partition coefficient (Wildman–Crippen LogP) is 3.54. The van der Waals surface area contributed by atoms with Crippen LogP contribution in [0.25, 0.3) is 6.08 Å². The van der Waals surface area contributed by atoms with Crippen molar-refractivity contribution in [3.05, 3.63) is 63.7 Å². The minimum absolute atomic E-state index is 0.0377. The number of aryl methyl sites for hydroxylation is 2. The molecule has 0 unspecified atom stereocenters. The van der Waals surface area contributed by atoms with Gasteiger partial charge in [0.15, 0.2) is 5.78 Å². The summed E-state index contributed by atoms with van der Waals surface area (Å²) in [5.41, 5.74) is 4.39. The van der Waals surface area contributed by atoms with Crippen molar-refractivity contribution in [1.82, 2.24) is 0 Å². The van der Waals surface area contributed by atoms with Gasteiger partial charge in [-0.15, -0.1) is 0 Å². The first-order valence-corrected chi connectivity index (χ1v) is 6.83. The maximum atomic E-state index is 12.4. The van der Waals surface area contributed by atoms with Gasteiger partial charge in [0.25, 0.3) is 0 Å². The Balaban J connectivity index is 2.04. The number of hydrogen-bond donors (Lipinski definition) is 2. The highest BCUT2D eigenvalue weighted by molar-refractivity contribution is 6.16. The summed E-state index contributed by atoms with van der Waals surface area (Å²) < 4.78 is 0. The lowest BCUT2D eigenvalue weighted by Crippen LogP contribution is -1.95. The van der Waals surface area contributed by atoms with Crippen LogP contribution in [0, 0.1) is 13.8 Å². The van der Waals surface area contributed by atoms with E-state index in [0.717, 1.165) is 16.7 Å². The fourth-order valence-electron chi connectivity index (χ4n) is 2.81. The number of phenols is 2. The van der Waals surface area contributed by atoms with Crippen LogP contribution in [0.2, 0.25) is 0 Å². The number of rotatable bonds is 1. The molecule has 0 atom stereocenters. The van der Waals surface area contributed by atoms with Gasteiger partial charge in [-0.1, -0.05) is 12.1 Å². The fraction of sp³-hybridized carbons (Fsp3) is 0.167. The molecule has 2 aromatic rings. The number of carbonyl (C=O) groups is 1. The molecule has 106 valence electrons. The fourth-order valence-corrected chi connectivity index (χ4v) is 2.81. The van der Waals surface area contributed by atoms with E-state index in [9.17, 15) is 15.0 Å². The SMILES string of the molecule is Cc1cc(/C=C2\Cc3c(O)cccc3C2=O)cc(C)c1O. The molecule has 1 aliphatic carbocycles. The number of allylic oxidation sites excluding steroid dienone is 1. The highest BCUT2D eigenvalue weighted by Crippen LogP contribution is 2.34. The second-order valence-electron chi connectivity index (χ2n) is 5.48. The summed E-state index contributed by atoms with van der Waals surface area (Å²) in [4.78, 5) is 12.4. The van der Waals surface area contributed by atoms with E-state index in [1.165, 1.54) is 0 Å². The van der Waals surface area contributed by atoms with Crippen LogP contribution in [-0.2, 0) is 6.42 Å². The molecule has 0 amide bonds. The predicted molar refractivity (Wildman–Crippen MR) is 81.7 cm³/mol. The Labute approximate surface area is 123 Å². The first-order chi connectivity index (χ1) is 9.97. The van der Waals surface area contributed by atoms with Crippen molar-refractivity contribution in [3.8, 4) is 11.5 Å². The zero-order valence-electron chi connectivity index (χ0n) is 12.0. The molecule has 21 heavy (non-hydrogen) atoms. The number of hydrogen-bond acceptors (Lipinski definition) is 3. The Kier molecular flexibility index (Phi) is 3.05. The molecule has 3 nitrogen and oxygen atoms in total. The van der Waals surface area contributed by atoms with Crippen molar-refractivity contribution in [2.75, 3.05) is 0 Å². The van der Waals surface area contributed by atoms with Crippen molar-refractivity contribution >= 4 is 11.9 Å². The molecule has 0 heterocycles. The third kappa shape index (κ3) is 2.21. The zero-order valence-corrected chi connectivity index (χ0v) is 12.0. The Morgan fingerprint density at radius 2 is 1.76 bits per heavy atom. The lowest BCUT2D eigenvalue weighted by Gasteiger charge is -2.05. The van der Waals surface area contributed by atoms with Gasteiger partial charge < -0.3 is 10.2 Å². The van der Waals surface area contributed by atoms with Crippen molar-refractivity contribution in [1.29, 1.82) is 0 Å². The summed E-state index contributed by atoms with van der Waals surface area (Å²) in [6.45, 7) is 3.67. The highest BCUT2D eigenvalue weighted by Gasteiger charge is 2.26. The molecule has 3 heteroatoms. The second kappa shape index (κ2) is 4.77. The van der Waals surface area contributed by atoms with Crippen LogP contribution >= 0.6 is 0 Å². The van der Waals surface area contributed by atoms with Crippen molar-refractivity contribution in [3.63, 3.8) is 0 Å². The molecule has 0 radical (unpaired) electrons. The van der Waals surface area contributed by atoms with Gasteiger partial charge in [-0.25, -0.2) is 0 Å². The topological polar surface area (TPSA) is 57.5 Å². The van der Waals surface area contributed by atoms with Crippen LogP contribution in [-0.4, -0.2) is 16.0 Å². The van der Waals surface area contributed by atoms with Crippen LogP contribution in [0.4, 0.5) is 0 Å². The molecule has 3 rings (SSSR count). The molecule has 0 saturated heterocycles. The molecule has 2 N–H and O–H groups in total. The Morgan fingerprint density at radius 3 is 2.38 bits per heavy atom. The zero-order chi connectivity index (χ0) is 15.1. The van der Waals surface area contributed by atoms with Crippen molar-refractivity contribution < 1.29 is 15.0 Å². The summed E-state index contributed by atoms with van der Waals surface area (Å²) in [6, 6.07) is 8.73. The van der Waals surface area contributed by atoms with Gasteiger partial charge in [0, 0.05) is 23.1 Å². The van der Waals surface area contributed by atoms with Gasteiger partial charge in [0.2, 0.25) is 0 Å². The van der Waals surface area contributed by atoms with E-state index >= 15 is 0 Å². The largest absolute Gasteiger partial charge is 0.508 e. The average molecular weight is 280 g/mol. The van der Waals surface area contributed by atoms with E-state index in [4.69, 9.17) is 0 Å². The number of Topliss-reactive ketones (excluding diaryl/α,β-unsaturated/α-hetero) is 1. The lowest BCUT2D eigenvalue weighted by molar-refractivity contribution is 0.104. The smallest absolute Gasteiger partial charge is 0.189 e. The quantitative estimate of drug-likeness (QED) is 0.786. The average Bonchev–Trinajstić information content (AvgIpc) is 2.75. The molecule has 0 aromatic heterocycles. The van der Waals surface area contributed by atoms with E-state index in [-0.39, 0.29) is 17.3 Å². The Bertz CT molecular complexity index is 762. The van der Waals surface area contributed by atoms with E-state index in [0.29, 0.717) is 23.1 Å². The van der Waals surface area contributed by atoms with Crippen molar-refractivity contribution in [2.45, 2.75) is 20.3 Å². The number of aromatic hydroxyl groups is 2. The minimum atomic E-state index is -0.0377. The molecule has 0 spiro atoms. The second-order valence-corrected chi connectivity index (χ2v) is 5.48. The summed E-state index contributed by atoms with van der Waals surface area (Å²) in [7, 11) is 0. The molecule has 1 aliphatic rings. The molecular weight excluding hydrogens is 264 g/mol. The minimum Gasteiger partial charge on any atom is -0.508 e. The standard InChI is InChI=1S/C18H16O3/c1-10-6-12(7-11(2)17(10)20)8-13-9-15-14(18(13)21)4-3-5-16(15)19/h3-8,19-20H,9H2,1-2H3/b13-8+. The first-order valence-electron chi connectivity index (χ1n) is 6.83. The molecule has 0 aliphatic heterocycles. The maximum absolute atomic E-state index is 12.4. The molecule has 0 saturated carbocycles. The van der Waals surface area contributed by atoms with Crippen LogP contribution in [0.3, 0.4) is 0 Å². The van der Waals surface area contributed by atoms with E-state index in [1.54, 1.807) is 18.2 Å². The van der Waals surface area contributed by atoms with Crippen LogP contribution in [0.5, 0.6) is 11.5 Å². The summed E-state index contributed by atoms with van der Waals surface area (Å²) in [6.07, 6.45) is 2.28. The van der Waals surface area contributed by atoms with Gasteiger partial charge in [0.1, 0.15) is 11.5 Å². The number of benzene rings is 2. The molecular formula is C18H16O3. The lowest BCUT2D eigenvalue weighted by atomic mass is 10.0. The third-order valence-electron chi connectivity index (χ3n) is 3.91. The molecule has 0 bridgehead atoms. The van der Waals surface area contributed by atoms with Crippen LogP contribution in [0.1, 0.15) is 32.6 Å². The van der Waals surface area contributed by atoms with Gasteiger partial charge in [0.05, 0.1) is 0 Å². The van der Waals surface area contributed by atoms with E-state index in [1.807, 2.05) is 32.1 Å². The molecule has 0 fully saturated rings. The first kappa shape index (κ1) is 13.4. The van der Waals surface area contributed by atoms with Crippen LogP contribution in [0.15, 0.2) is 35.9 Å². The van der Waals surface area contributed by atoms with E-state index in [2.05, 4.69) is 0 Å². The highest BCUT2D eigenvalue weighted by atomic mass is 16.3. The number of ketones is 1. The van der Waals surface area contributed by atoms with Gasteiger partial charge in [-0.05, 0) is 54.8 Å². The normalized spacial score (nSPS) is 15.5. The summed E-state index contributed by atoms with van der Waals surface area (Å²) in [5.74, 6) is 0.419. The van der Waals surface area contributed by atoms with Gasteiger partial charge >= 0.3 is 0 Å². The Hall–Kier alpha value is -2.55.